The number of nitrogens with zero attached hydrogens (tertiary/aromatic N) is 1. The molecule has 4 nitrogen and oxygen atoms in total. The summed E-state index contributed by atoms with van der Waals surface area (Å²) in [6, 6.07) is 4.09. The fourth-order valence-corrected chi connectivity index (χ4v) is 4.84. The summed E-state index contributed by atoms with van der Waals surface area (Å²) in [5.74, 6) is 0.0542. The maximum atomic E-state index is 13.7. The van der Waals surface area contributed by atoms with Gasteiger partial charge < -0.3 is 5.73 Å². The lowest BCUT2D eigenvalue weighted by Crippen LogP contribution is -2.42. The van der Waals surface area contributed by atoms with Gasteiger partial charge in [0, 0.05) is 25.2 Å². The molecule has 1 aromatic carbocycles. The van der Waals surface area contributed by atoms with Crippen molar-refractivity contribution in [3.8, 4) is 0 Å². The second-order valence-electron chi connectivity index (χ2n) is 5.69. The van der Waals surface area contributed by atoms with Crippen LogP contribution in [0.15, 0.2) is 23.1 Å². The lowest BCUT2D eigenvalue weighted by Gasteiger charge is -2.34. The Morgan fingerprint density at radius 2 is 1.90 bits per heavy atom. The molecule has 1 fully saturated rings. The zero-order valence-corrected chi connectivity index (χ0v) is 12.7. The molecular weight excluding hydrogens is 279 g/mol. The molecule has 0 aromatic heterocycles. The number of halogens is 1. The zero-order chi connectivity index (χ0) is 14.9. The molecule has 0 saturated carbocycles. The second-order valence-corrected chi connectivity index (χ2v) is 7.60. The van der Waals surface area contributed by atoms with Crippen molar-refractivity contribution >= 4 is 10.0 Å². The first-order valence-electron chi connectivity index (χ1n) is 6.83. The van der Waals surface area contributed by atoms with Crippen molar-refractivity contribution in [2.75, 3.05) is 13.1 Å². The third-order valence-electron chi connectivity index (χ3n) is 3.73. The zero-order valence-electron chi connectivity index (χ0n) is 11.8. The van der Waals surface area contributed by atoms with Crippen LogP contribution in [0.4, 0.5) is 4.39 Å². The van der Waals surface area contributed by atoms with E-state index in [2.05, 4.69) is 0 Å². The topological polar surface area (TPSA) is 63.4 Å². The van der Waals surface area contributed by atoms with Gasteiger partial charge in [-0.25, -0.2) is 12.8 Å². The van der Waals surface area contributed by atoms with E-state index in [1.54, 1.807) is 0 Å². The standard InChI is InChI=1S/C14H21FN2O2S/c1-10-6-11(2)9-17(8-10)20(18,19)14-5-3-4-13(15)12(14)7-16/h3-5,10-11H,6-9,16H2,1-2H3. The average Bonchev–Trinajstić information content (AvgIpc) is 2.37. The largest absolute Gasteiger partial charge is 0.326 e. The van der Waals surface area contributed by atoms with Crippen LogP contribution in [0.5, 0.6) is 0 Å². The van der Waals surface area contributed by atoms with E-state index >= 15 is 0 Å². The fourth-order valence-electron chi connectivity index (χ4n) is 2.92. The van der Waals surface area contributed by atoms with Gasteiger partial charge in [0.05, 0.1) is 4.90 Å². The molecule has 2 unspecified atom stereocenters. The van der Waals surface area contributed by atoms with Crippen molar-refractivity contribution in [1.82, 2.24) is 4.31 Å². The highest BCUT2D eigenvalue weighted by Gasteiger charge is 2.33. The molecule has 1 saturated heterocycles. The first-order chi connectivity index (χ1) is 9.36. The minimum Gasteiger partial charge on any atom is -0.326 e. The second kappa shape index (κ2) is 5.79. The predicted octanol–water partition coefficient (Wildman–Crippen LogP) is 1.95. The van der Waals surface area contributed by atoms with Gasteiger partial charge in [-0.1, -0.05) is 19.9 Å². The molecule has 2 rings (SSSR count). The number of sulfonamides is 1. The lowest BCUT2D eigenvalue weighted by molar-refractivity contribution is 0.222. The first kappa shape index (κ1) is 15.4. The Hall–Kier alpha value is -0.980. The summed E-state index contributed by atoms with van der Waals surface area (Å²) in [4.78, 5) is 0.00120. The van der Waals surface area contributed by atoms with Crippen LogP contribution >= 0.6 is 0 Å². The van der Waals surface area contributed by atoms with Gasteiger partial charge in [0.15, 0.2) is 0 Å². The van der Waals surface area contributed by atoms with Crippen LogP contribution in [0.1, 0.15) is 25.8 Å². The summed E-state index contributed by atoms with van der Waals surface area (Å²) in [7, 11) is -3.68. The van der Waals surface area contributed by atoms with Crippen LogP contribution in [0.25, 0.3) is 0 Å². The van der Waals surface area contributed by atoms with Gasteiger partial charge in [-0.15, -0.1) is 0 Å². The minimum atomic E-state index is -3.68. The highest BCUT2D eigenvalue weighted by Crippen LogP contribution is 2.28. The molecular formula is C14H21FN2O2S. The van der Waals surface area contributed by atoms with Crippen molar-refractivity contribution in [2.45, 2.75) is 31.7 Å². The van der Waals surface area contributed by atoms with E-state index in [4.69, 9.17) is 5.73 Å². The smallest absolute Gasteiger partial charge is 0.243 e. The quantitative estimate of drug-likeness (QED) is 0.928. The van der Waals surface area contributed by atoms with E-state index in [1.807, 2.05) is 13.8 Å². The molecule has 2 N–H and O–H groups in total. The molecule has 2 atom stereocenters. The highest BCUT2D eigenvalue weighted by atomic mass is 32.2. The Morgan fingerprint density at radius 3 is 2.45 bits per heavy atom. The van der Waals surface area contributed by atoms with E-state index in [9.17, 15) is 12.8 Å². The molecule has 1 aromatic rings. The van der Waals surface area contributed by atoms with Crippen LogP contribution in [-0.2, 0) is 16.6 Å². The lowest BCUT2D eigenvalue weighted by atomic mass is 9.94. The maximum Gasteiger partial charge on any atom is 0.243 e. The van der Waals surface area contributed by atoms with Gasteiger partial charge in [-0.2, -0.15) is 4.31 Å². The molecule has 20 heavy (non-hydrogen) atoms. The van der Waals surface area contributed by atoms with Gasteiger partial charge in [-0.05, 0) is 30.4 Å². The molecule has 0 spiro atoms. The Morgan fingerprint density at radius 1 is 1.30 bits per heavy atom. The summed E-state index contributed by atoms with van der Waals surface area (Å²) in [5.41, 5.74) is 5.58. The van der Waals surface area contributed by atoms with E-state index in [0.717, 1.165) is 6.42 Å². The number of nitrogens with two attached hydrogens (primary N) is 1. The summed E-state index contributed by atoms with van der Waals surface area (Å²) < 4.78 is 40.6. The van der Waals surface area contributed by atoms with Crippen molar-refractivity contribution < 1.29 is 12.8 Å². The van der Waals surface area contributed by atoms with Crippen LogP contribution in [0, 0.1) is 17.7 Å². The number of hydrogen-bond acceptors (Lipinski definition) is 3. The van der Waals surface area contributed by atoms with Crippen LogP contribution in [0.2, 0.25) is 0 Å². The average molecular weight is 300 g/mol. The predicted molar refractivity (Wildman–Crippen MR) is 76.0 cm³/mol. The summed E-state index contributed by atoms with van der Waals surface area (Å²) in [5, 5.41) is 0. The SMILES string of the molecule is CC1CC(C)CN(S(=O)(=O)c2cccc(F)c2CN)C1. The normalized spacial score (nSPS) is 24.8. The van der Waals surface area contributed by atoms with Crippen molar-refractivity contribution in [2.24, 2.45) is 17.6 Å². The fraction of sp³-hybridized carbons (Fsp3) is 0.571. The molecule has 112 valence electrons. The summed E-state index contributed by atoms with van der Waals surface area (Å²) in [6.07, 6.45) is 1.01. The molecule has 1 aliphatic rings. The van der Waals surface area contributed by atoms with Crippen molar-refractivity contribution in [3.05, 3.63) is 29.6 Å². The monoisotopic (exact) mass is 300 g/mol. The van der Waals surface area contributed by atoms with Gasteiger partial charge in [0.25, 0.3) is 0 Å². The van der Waals surface area contributed by atoms with E-state index in [-0.39, 0.29) is 17.0 Å². The molecule has 6 heteroatoms. The molecule has 0 radical (unpaired) electrons. The molecule has 1 aliphatic heterocycles. The van der Waals surface area contributed by atoms with Crippen LogP contribution in [-0.4, -0.2) is 25.8 Å². The van der Waals surface area contributed by atoms with Gasteiger partial charge in [0.2, 0.25) is 10.0 Å². The number of piperidine rings is 1. The Balaban J connectivity index is 2.43. The Kier molecular flexibility index (Phi) is 4.46. The third-order valence-corrected chi connectivity index (χ3v) is 5.65. The number of hydrogen-bond donors (Lipinski definition) is 1. The number of rotatable bonds is 3. The van der Waals surface area contributed by atoms with E-state index < -0.39 is 15.8 Å². The van der Waals surface area contributed by atoms with Gasteiger partial charge >= 0.3 is 0 Å². The third kappa shape index (κ3) is 2.87. The van der Waals surface area contributed by atoms with Gasteiger partial charge in [0.1, 0.15) is 5.82 Å². The van der Waals surface area contributed by atoms with Crippen LogP contribution in [0.3, 0.4) is 0 Å². The molecule has 0 bridgehead atoms. The molecule has 0 aliphatic carbocycles. The highest BCUT2D eigenvalue weighted by molar-refractivity contribution is 7.89. The summed E-state index contributed by atoms with van der Waals surface area (Å²) >= 11 is 0. The Labute approximate surface area is 119 Å². The number of benzene rings is 1. The first-order valence-corrected chi connectivity index (χ1v) is 8.28. The maximum absolute atomic E-state index is 13.7. The van der Waals surface area contributed by atoms with Crippen molar-refractivity contribution in [3.63, 3.8) is 0 Å². The summed E-state index contributed by atoms with van der Waals surface area (Å²) in [6.45, 7) is 4.90. The molecule has 0 amide bonds. The Bertz CT molecular complexity index is 579. The van der Waals surface area contributed by atoms with E-state index in [0.29, 0.717) is 24.9 Å². The van der Waals surface area contributed by atoms with Crippen LogP contribution < -0.4 is 5.73 Å². The van der Waals surface area contributed by atoms with Crippen molar-refractivity contribution in [1.29, 1.82) is 0 Å². The molecule has 1 heterocycles. The van der Waals surface area contributed by atoms with Gasteiger partial charge in [-0.3, -0.25) is 0 Å². The minimum absolute atomic E-state index is 0.00120. The van der Waals surface area contributed by atoms with E-state index in [1.165, 1.54) is 22.5 Å².